The molecule has 0 aromatic heterocycles. The number of hydrogen-bond donors (Lipinski definition) is 1. The second-order valence-electron chi connectivity index (χ2n) is 6.37. The van der Waals surface area contributed by atoms with Crippen LogP contribution in [0.25, 0.3) is 0 Å². The molecule has 0 saturated carbocycles. The Bertz CT molecular complexity index is 255. The molecule has 106 valence electrons. The van der Waals surface area contributed by atoms with Crippen molar-refractivity contribution in [3.63, 3.8) is 0 Å². The monoisotopic (exact) mass is 254 g/mol. The third kappa shape index (κ3) is 4.27. The van der Waals surface area contributed by atoms with Crippen molar-refractivity contribution in [1.29, 1.82) is 0 Å². The molecule has 1 amide bonds. The van der Waals surface area contributed by atoms with Crippen molar-refractivity contribution in [2.24, 2.45) is 29.4 Å². The van der Waals surface area contributed by atoms with Crippen LogP contribution >= 0.6 is 0 Å². The van der Waals surface area contributed by atoms with E-state index in [2.05, 4.69) is 32.6 Å². The number of carbonyl (C=O) groups is 1. The molecule has 1 rings (SSSR count). The van der Waals surface area contributed by atoms with Gasteiger partial charge in [0.25, 0.3) is 0 Å². The molecule has 0 radical (unpaired) electrons. The zero-order chi connectivity index (χ0) is 13.7. The van der Waals surface area contributed by atoms with E-state index in [1.807, 2.05) is 0 Å². The summed E-state index contributed by atoms with van der Waals surface area (Å²) in [6.07, 6.45) is 2.73. The van der Waals surface area contributed by atoms with Crippen LogP contribution in [0.4, 0.5) is 0 Å². The van der Waals surface area contributed by atoms with E-state index < -0.39 is 0 Å². The molecule has 1 fully saturated rings. The number of nitrogens with zero attached hydrogens (tertiary/aromatic N) is 1. The Hall–Kier alpha value is -0.570. The first-order chi connectivity index (χ1) is 8.45. The molecular weight excluding hydrogens is 224 g/mol. The number of likely N-dealkylation sites (tertiary alicyclic amines) is 1. The minimum atomic E-state index is 0.342. The van der Waals surface area contributed by atoms with E-state index >= 15 is 0 Å². The van der Waals surface area contributed by atoms with Crippen LogP contribution in [0.3, 0.4) is 0 Å². The molecule has 0 spiro atoms. The molecular formula is C15H30N2O. The number of nitrogens with two attached hydrogens (primary N) is 1. The summed E-state index contributed by atoms with van der Waals surface area (Å²) in [4.78, 5) is 14.2. The Kier molecular flexibility index (Phi) is 6.13. The average Bonchev–Trinajstić information content (AvgIpc) is 2.64. The van der Waals surface area contributed by atoms with Crippen LogP contribution in [-0.2, 0) is 4.79 Å². The molecule has 3 unspecified atom stereocenters. The van der Waals surface area contributed by atoms with Crippen molar-refractivity contribution >= 4 is 5.91 Å². The van der Waals surface area contributed by atoms with Crippen LogP contribution in [0.15, 0.2) is 0 Å². The SMILES string of the molecule is CC(C)C(CCN)CCC(=O)N1CC(C)C(C)C1. The van der Waals surface area contributed by atoms with Gasteiger partial charge in [0.2, 0.25) is 5.91 Å². The van der Waals surface area contributed by atoms with E-state index in [4.69, 9.17) is 5.73 Å². The summed E-state index contributed by atoms with van der Waals surface area (Å²) < 4.78 is 0. The molecule has 3 atom stereocenters. The van der Waals surface area contributed by atoms with E-state index in [9.17, 15) is 4.79 Å². The van der Waals surface area contributed by atoms with Gasteiger partial charge in [0, 0.05) is 19.5 Å². The van der Waals surface area contributed by atoms with Gasteiger partial charge in [0.05, 0.1) is 0 Å². The van der Waals surface area contributed by atoms with Crippen molar-refractivity contribution in [3.05, 3.63) is 0 Å². The first-order valence-electron chi connectivity index (χ1n) is 7.43. The summed E-state index contributed by atoms with van der Waals surface area (Å²) in [6.45, 7) is 11.6. The summed E-state index contributed by atoms with van der Waals surface area (Å²) in [7, 11) is 0. The standard InChI is InChI=1S/C15H30N2O/c1-11(2)14(7-8-16)5-6-15(18)17-9-12(3)13(4)10-17/h11-14H,5-10,16H2,1-4H3. The maximum atomic E-state index is 12.2. The second-order valence-corrected chi connectivity index (χ2v) is 6.37. The van der Waals surface area contributed by atoms with Crippen molar-refractivity contribution in [2.45, 2.75) is 47.0 Å². The highest BCUT2D eigenvalue weighted by Gasteiger charge is 2.29. The second kappa shape index (κ2) is 7.13. The van der Waals surface area contributed by atoms with Gasteiger partial charge in [-0.1, -0.05) is 27.7 Å². The molecule has 1 saturated heterocycles. The van der Waals surface area contributed by atoms with Gasteiger partial charge in [0.15, 0.2) is 0 Å². The third-order valence-corrected chi connectivity index (χ3v) is 4.55. The first-order valence-corrected chi connectivity index (χ1v) is 7.43. The van der Waals surface area contributed by atoms with Gasteiger partial charge in [-0.15, -0.1) is 0 Å². The Labute approximate surface area is 112 Å². The predicted octanol–water partition coefficient (Wildman–Crippen LogP) is 2.50. The van der Waals surface area contributed by atoms with Crippen molar-refractivity contribution in [3.8, 4) is 0 Å². The zero-order valence-electron chi connectivity index (χ0n) is 12.5. The lowest BCUT2D eigenvalue weighted by atomic mass is 9.88. The van der Waals surface area contributed by atoms with Crippen LogP contribution in [0.5, 0.6) is 0 Å². The highest BCUT2D eigenvalue weighted by atomic mass is 16.2. The molecule has 3 heteroatoms. The lowest BCUT2D eigenvalue weighted by molar-refractivity contribution is -0.130. The zero-order valence-corrected chi connectivity index (χ0v) is 12.5. The minimum Gasteiger partial charge on any atom is -0.342 e. The average molecular weight is 254 g/mol. The molecule has 1 heterocycles. The summed E-state index contributed by atoms with van der Waals surface area (Å²) in [5.74, 6) is 2.86. The Morgan fingerprint density at radius 1 is 1.22 bits per heavy atom. The Morgan fingerprint density at radius 3 is 2.22 bits per heavy atom. The van der Waals surface area contributed by atoms with E-state index in [0.29, 0.717) is 36.0 Å². The van der Waals surface area contributed by atoms with Crippen LogP contribution in [-0.4, -0.2) is 30.4 Å². The minimum absolute atomic E-state index is 0.342. The maximum Gasteiger partial charge on any atom is 0.222 e. The molecule has 3 nitrogen and oxygen atoms in total. The number of hydrogen-bond acceptors (Lipinski definition) is 2. The van der Waals surface area contributed by atoms with E-state index in [1.165, 1.54) is 0 Å². The Morgan fingerprint density at radius 2 is 1.78 bits per heavy atom. The van der Waals surface area contributed by atoms with Crippen LogP contribution in [0.2, 0.25) is 0 Å². The lowest BCUT2D eigenvalue weighted by Gasteiger charge is -2.22. The molecule has 2 N–H and O–H groups in total. The van der Waals surface area contributed by atoms with E-state index in [-0.39, 0.29) is 0 Å². The topological polar surface area (TPSA) is 46.3 Å². The third-order valence-electron chi connectivity index (χ3n) is 4.55. The number of amides is 1. The fourth-order valence-electron chi connectivity index (χ4n) is 2.83. The molecule has 0 aromatic carbocycles. The molecule has 1 aliphatic rings. The largest absolute Gasteiger partial charge is 0.342 e. The summed E-state index contributed by atoms with van der Waals surface area (Å²) in [5.41, 5.74) is 5.64. The summed E-state index contributed by atoms with van der Waals surface area (Å²) >= 11 is 0. The number of rotatable bonds is 6. The van der Waals surface area contributed by atoms with Gasteiger partial charge in [-0.3, -0.25) is 4.79 Å². The maximum absolute atomic E-state index is 12.2. The summed E-state index contributed by atoms with van der Waals surface area (Å²) in [5, 5.41) is 0. The Balaban J connectivity index is 2.36. The normalized spacial score (nSPS) is 25.8. The van der Waals surface area contributed by atoms with E-state index in [0.717, 1.165) is 32.5 Å². The van der Waals surface area contributed by atoms with Crippen LogP contribution in [0.1, 0.15) is 47.0 Å². The van der Waals surface area contributed by atoms with Crippen LogP contribution in [0, 0.1) is 23.7 Å². The molecule has 0 bridgehead atoms. The molecule has 18 heavy (non-hydrogen) atoms. The highest BCUT2D eigenvalue weighted by molar-refractivity contribution is 5.76. The fourth-order valence-corrected chi connectivity index (χ4v) is 2.83. The van der Waals surface area contributed by atoms with Gasteiger partial charge in [-0.25, -0.2) is 0 Å². The van der Waals surface area contributed by atoms with E-state index in [1.54, 1.807) is 0 Å². The first kappa shape index (κ1) is 15.5. The van der Waals surface area contributed by atoms with Crippen LogP contribution < -0.4 is 5.73 Å². The lowest BCUT2D eigenvalue weighted by Crippen LogP contribution is -2.29. The van der Waals surface area contributed by atoms with Gasteiger partial charge in [-0.2, -0.15) is 0 Å². The molecule has 1 aliphatic heterocycles. The van der Waals surface area contributed by atoms with Crippen molar-refractivity contribution in [2.75, 3.05) is 19.6 Å². The number of carbonyl (C=O) groups excluding carboxylic acids is 1. The molecule has 0 aromatic rings. The quantitative estimate of drug-likeness (QED) is 0.791. The van der Waals surface area contributed by atoms with Gasteiger partial charge in [0.1, 0.15) is 0 Å². The summed E-state index contributed by atoms with van der Waals surface area (Å²) in [6, 6.07) is 0. The van der Waals surface area contributed by atoms with Crippen molar-refractivity contribution < 1.29 is 4.79 Å². The van der Waals surface area contributed by atoms with Gasteiger partial charge in [-0.05, 0) is 43.1 Å². The van der Waals surface area contributed by atoms with Crippen molar-refractivity contribution in [1.82, 2.24) is 4.90 Å². The highest BCUT2D eigenvalue weighted by Crippen LogP contribution is 2.25. The predicted molar refractivity (Wildman–Crippen MR) is 76.1 cm³/mol. The fraction of sp³-hybridized carbons (Fsp3) is 0.933. The van der Waals surface area contributed by atoms with Gasteiger partial charge < -0.3 is 10.6 Å². The van der Waals surface area contributed by atoms with Gasteiger partial charge >= 0.3 is 0 Å². The molecule has 0 aliphatic carbocycles. The smallest absolute Gasteiger partial charge is 0.222 e.